The standard InChI is InChI=1S/C30H45NO4S/c1-17(2)22-15-26(19(5)6)24(27(16-22)20(7)8)13-14-28(32)25-12-11-23(18(3)4)30(29(25)21(9)10)35-36(31,33)34/h11-12,15-21H,13-14H2,1-10H3,(H2,31,33,34). The van der Waals surface area contributed by atoms with Crippen LogP contribution >= 0.6 is 0 Å². The van der Waals surface area contributed by atoms with Gasteiger partial charge < -0.3 is 4.18 Å². The van der Waals surface area contributed by atoms with Crippen molar-refractivity contribution in [3.63, 3.8) is 0 Å². The van der Waals surface area contributed by atoms with Crippen LogP contribution < -0.4 is 9.32 Å². The Kier molecular flexibility index (Phi) is 9.94. The Morgan fingerprint density at radius 3 is 1.67 bits per heavy atom. The van der Waals surface area contributed by atoms with Crippen LogP contribution in [0.4, 0.5) is 0 Å². The Morgan fingerprint density at radius 1 is 0.778 bits per heavy atom. The van der Waals surface area contributed by atoms with E-state index in [-0.39, 0.29) is 23.4 Å². The Balaban J connectivity index is 2.58. The average molecular weight is 516 g/mol. The van der Waals surface area contributed by atoms with Crippen molar-refractivity contribution in [3.8, 4) is 5.75 Å². The molecule has 2 aromatic rings. The summed E-state index contributed by atoms with van der Waals surface area (Å²) in [6, 6.07) is 8.21. The van der Waals surface area contributed by atoms with Crippen LogP contribution in [0.5, 0.6) is 5.75 Å². The first-order valence-corrected chi connectivity index (χ1v) is 14.6. The molecule has 0 saturated heterocycles. The van der Waals surface area contributed by atoms with Crippen LogP contribution in [0.1, 0.15) is 149 Å². The monoisotopic (exact) mass is 515 g/mol. The molecule has 0 spiro atoms. The maximum atomic E-state index is 13.6. The van der Waals surface area contributed by atoms with Gasteiger partial charge in [-0.15, -0.1) is 0 Å². The first kappa shape index (κ1) is 30.0. The highest BCUT2D eigenvalue weighted by atomic mass is 32.2. The van der Waals surface area contributed by atoms with Crippen LogP contribution in [0.25, 0.3) is 0 Å². The number of ketones is 1. The number of rotatable bonds is 11. The van der Waals surface area contributed by atoms with Crippen molar-refractivity contribution in [1.29, 1.82) is 0 Å². The van der Waals surface area contributed by atoms with Crippen molar-refractivity contribution in [2.75, 3.05) is 0 Å². The van der Waals surface area contributed by atoms with Crippen molar-refractivity contribution in [1.82, 2.24) is 0 Å². The number of hydrogen-bond donors (Lipinski definition) is 1. The number of nitrogens with two attached hydrogens (primary N) is 1. The molecule has 2 aromatic carbocycles. The summed E-state index contributed by atoms with van der Waals surface area (Å²) in [7, 11) is -4.24. The predicted octanol–water partition coefficient (Wildman–Crippen LogP) is 7.70. The van der Waals surface area contributed by atoms with Crippen molar-refractivity contribution < 1.29 is 17.4 Å². The Bertz CT molecular complexity index is 1160. The molecule has 0 fully saturated rings. The molecule has 0 saturated carbocycles. The SMILES string of the molecule is CC(C)c1cc(C(C)C)c(CCC(=O)c2ccc(C(C)C)c(OS(N)(=O)=O)c2C(C)C)c(C(C)C)c1. The van der Waals surface area contributed by atoms with Crippen LogP contribution in [0.3, 0.4) is 0 Å². The molecule has 0 aromatic heterocycles. The van der Waals surface area contributed by atoms with Gasteiger partial charge in [-0.25, -0.2) is 0 Å². The minimum atomic E-state index is -4.24. The molecular weight excluding hydrogens is 470 g/mol. The van der Waals surface area contributed by atoms with E-state index in [9.17, 15) is 13.2 Å². The van der Waals surface area contributed by atoms with Crippen LogP contribution in [0, 0.1) is 0 Å². The third-order valence-corrected chi connectivity index (χ3v) is 7.18. The minimum absolute atomic E-state index is 0.00470. The molecule has 2 N–H and O–H groups in total. The van der Waals surface area contributed by atoms with Gasteiger partial charge in [0.05, 0.1) is 0 Å². The Hall–Kier alpha value is -2.18. The normalized spacial score (nSPS) is 12.4. The van der Waals surface area contributed by atoms with Crippen molar-refractivity contribution in [2.45, 2.75) is 112 Å². The first-order valence-electron chi connectivity index (χ1n) is 13.1. The molecule has 5 nitrogen and oxygen atoms in total. The zero-order valence-corrected chi connectivity index (χ0v) is 24.5. The molecule has 0 aliphatic rings. The highest BCUT2D eigenvalue weighted by Crippen LogP contribution is 2.39. The van der Waals surface area contributed by atoms with Gasteiger partial charge in [-0.05, 0) is 63.8 Å². The van der Waals surface area contributed by atoms with Gasteiger partial charge in [0.15, 0.2) is 11.5 Å². The number of Topliss-reactive ketones (excluding diaryl/α,β-unsaturated/α-hetero) is 1. The third kappa shape index (κ3) is 7.19. The quantitative estimate of drug-likeness (QED) is 0.311. The summed E-state index contributed by atoms with van der Waals surface area (Å²) >= 11 is 0. The van der Waals surface area contributed by atoms with E-state index in [4.69, 9.17) is 9.32 Å². The number of carbonyl (C=O) groups excluding carboxylic acids is 1. The average Bonchev–Trinajstić information content (AvgIpc) is 2.74. The molecule has 0 bridgehead atoms. The lowest BCUT2D eigenvalue weighted by atomic mass is 9.82. The second-order valence-corrected chi connectivity index (χ2v) is 12.5. The molecular formula is C30H45NO4S. The fourth-order valence-corrected chi connectivity index (χ4v) is 5.28. The van der Waals surface area contributed by atoms with Gasteiger partial charge in [0.1, 0.15) is 0 Å². The van der Waals surface area contributed by atoms with Gasteiger partial charge in [0, 0.05) is 17.5 Å². The molecule has 0 heterocycles. The van der Waals surface area contributed by atoms with Crippen LogP contribution in [-0.2, 0) is 16.7 Å². The molecule has 2 rings (SSSR count). The second-order valence-electron chi connectivity index (χ2n) is 11.4. The second kappa shape index (κ2) is 11.9. The summed E-state index contributed by atoms with van der Waals surface area (Å²) < 4.78 is 29.1. The van der Waals surface area contributed by atoms with Gasteiger partial charge >= 0.3 is 10.3 Å². The Labute approximate surface area is 219 Å². The molecule has 200 valence electrons. The topological polar surface area (TPSA) is 86.5 Å². The molecule has 0 radical (unpaired) electrons. The maximum absolute atomic E-state index is 13.6. The molecule has 0 unspecified atom stereocenters. The fourth-order valence-electron chi connectivity index (χ4n) is 4.86. The number of hydrogen-bond acceptors (Lipinski definition) is 4. The van der Waals surface area contributed by atoms with Gasteiger partial charge in [0.25, 0.3) is 0 Å². The van der Waals surface area contributed by atoms with Crippen molar-refractivity contribution >= 4 is 16.1 Å². The maximum Gasteiger partial charge on any atom is 0.380 e. The van der Waals surface area contributed by atoms with E-state index in [0.717, 1.165) is 5.56 Å². The minimum Gasteiger partial charge on any atom is -0.370 e. The van der Waals surface area contributed by atoms with E-state index < -0.39 is 10.3 Å². The Morgan fingerprint density at radius 2 is 1.28 bits per heavy atom. The molecule has 0 amide bonds. The summed E-state index contributed by atoms with van der Waals surface area (Å²) in [5.74, 6) is 1.18. The summed E-state index contributed by atoms with van der Waals surface area (Å²) in [6.07, 6.45) is 0.961. The van der Waals surface area contributed by atoms with Crippen LogP contribution in [0.2, 0.25) is 0 Å². The van der Waals surface area contributed by atoms with Crippen LogP contribution in [0.15, 0.2) is 24.3 Å². The third-order valence-electron chi connectivity index (χ3n) is 6.78. The van der Waals surface area contributed by atoms with Gasteiger partial charge in [0.2, 0.25) is 0 Å². The smallest absolute Gasteiger partial charge is 0.370 e. The van der Waals surface area contributed by atoms with E-state index >= 15 is 0 Å². The lowest BCUT2D eigenvalue weighted by Gasteiger charge is -2.24. The van der Waals surface area contributed by atoms with E-state index in [1.54, 1.807) is 6.07 Å². The molecule has 0 atom stereocenters. The summed E-state index contributed by atoms with van der Waals surface area (Å²) in [4.78, 5) is 13.6. The van der Waals surface area contributed by atoms with Gasteiger partial charge in [-0.3, -0.25) is 4.79 Å². The molecule has 36 heavy (non-hydrogen) atoms. The largest absolute Gasteiger partial charge is 0.380 e. The van der Waals surface area contributed by atoms with Crippen LogP contribution in [-0.4, -0.2) is 14.2 Å². The van der Waals surface area contributed by atoms with E-state index in [2.05, 4.69) is 53.7 Å². The first-order chi connectivity index (χ1) is 16.5. The van der Waals surface area contributed by atoms with Crippen molar-refractivity contribution in [3.05, 3.63) is 63.2 Å². The van der Waals surface area contributed by atoms with E-state index in [1.807, 2.05) is 33.8 Å². The predicted molar refractivity (Wildman–Crippen MR) is 150 cm³/mol. The lowest BCUT2D eigenvalue weighted by Crippen LogP contribution is -2.22. The van der Waals surface area contributed by atoms with Crippen molar-refractivity contribution in [2.24, 2.45) is 5.14 Å². The molecule has 0 aliphatic heterocycles. The van der Waals surface area contributed by atoms with Gasteiger partial charge in [-0.2, -0.15) is 13.6 Å². The van der Waals surface area contributed by atoms with Gasteiger partial charge in [-0.1, -0.05) is 93.5 Å². The molecule has 6 heteroatoms. The zero-order chi connectivity index (χ0) is 27.5. The zero-order valence-electron chi connectivity index (χ0n) is 23.7. The summed E-state index contributed by atoms with van der Waals surface area (Å²) in [5, 5.41) is 5.25. The highest BCUT2D eigenvalue weighted by Gasteiger charge is 2.26. The summed E-state index contributed by atoms with van der Waals surface area (Å²) in [6.45, 7) is 21.0. The molecule has 0 aliphatic carbocycles. The van der Waals surface area contributed by atoms with E-state index in [1.165, 1.54) is 22.3 Å². The summed E-state index contributed by atoms with van der Waals surface area (Å²) in [5.41, 5.74) is 7.01. The van der Waals surface area contributed by atoms with E-state index in [0.29, 0.717) is 41.7 Å². The fraction of sp³-hybridized carbons (Fsp3) is 0.567. The lowest BCUT2D eigenvalue weighted by molar-refractivity contribution is 0.0981. The number of benzene rings is 2. The number of carbonyl (C=O) groups is 1. The highest BCUT2D eigenvalue weighted by molar-refractivity contribution is 7.84.